The molecule has 0 saturated carbocycles. The van der Waals surface area contributed by atoms with Gasteiger partial charge in [0.2, 0.25) is 5.88 Å². The number of hydrogen-bond donors (Lipinski definition) is 1. The molecule has 0 aromatic carbocycles. The van der Waals surface area contributed by atoms with E-state index >= 15 is 0 Å². The minimum Gasteiger partial charge on any atom is -0.481 e. The zero-order chi connectivity index (χ0) is 11.4. The number of methoxy groups -OCH3 is 1. The quantitative estimate of drug-likeness (QED) is 0.936. The van der Waals surface area contributed by atoms with Crippen LogP contribution in [0, 0.1) is 0 Å². The first-order valence-corrected chi connectivity index (χ1v) is 5.54. The van der Waals surface area contributed by atoms with E-state index in [4.69, 9.17) is 9.15 Å². The van der Waals surface area contributed by atoms with Crippen LogP contribution >= 0.6 is 15.9 Å². The summed E-state index contributed by atoms with van der Waals surface area (Å²) < 4.78 is 11.2. The molecule has 2 rings (SSSR count). The highest BCUT2D eigenvalue weighted by Gasteiger charge is 2.02. The van der Waals surface area contributed by atoms with Gasteiger partial charge < -0.3 is 14.5 Å². The number of anilines is 1. The molecule has 84 valence electrons. The van der Waals surface area contributed by atoms with Crippen molar-refractivity contribution in [3.63, 3.8) is 0 Å². The second-order valence-electron chi connectivity index (χ2n) is 3.13. The number of nitrogens with zero attached hydrogens (tertiary/aromatic N) is 1. The van der Waals surface area contributed by atoms with Crippen molar-refractivity contribution in [1.29, 1.82) is 0 Å². The first-order chi connectivity index (χ1) is 7.79. The summed E-state index contributed by atoms with van der Waals surface area (Å²) in [7, 11) is 1.59. The van der Waals surface area contributed by atoms with Crippen LogP contribution < -0.4 is 10.1 Å². The van der Waals surface area contributed by atoms with E-state index in [1.807, 2.05) is 12.1 Å². The minimum absolute atomic E-state index is 0.602. The monoisotopic (exact) mass is 282 g/mol. The number of rotatable bonds is 4. The van der Waals surface area contributed by atoms with Crippen LogP contribution in [0.3, 0.4) is 0 Å². The Bertz CT molecular complexity index is 453. The van der Waals surface area contributed by atoms with Crippen molar-refractivity contribution in [2.45, 2.75) is 6.54 Å². The average Bonchev–Trinajstić information content (AvgIpc) is 2.73. The molecule has 0 bridgehead atoms. The van der Waals surface area contributed by atoms with E-state index in [-0.39, 0.29) is 0 Å². The summed E-state index contributed by atoms with van der Waals surface area (Å²) in [4.78, 5) is 4.09. The highest BCUT2D eigenvalue weighted by atomic mass is 79.9. The molecule has 0 atom stereocenters. The zero-order valence-electron chi connectivity index (χ0n) is 8.74. The summed E-state index contributed by atoms with van der Waals surface area (Å²) in [5.74, 6) is 1.46. The van der Waals surface area contributed by atoms with Gasteiger partial charge in [0.25, 0.3) is 0 Å². The molecule has 1 N–H and O–H groups in total. The lowest BCUT2D eigenvalue weighted by Gasteiger charge is -2.05. The normalized spacial score (nSPS) is 10.1. The molecule has 0 radical (unpaired) electrons. The van der Waals surface area contributed by atoms with Crippen LogP contribution in [0.25, 0.3) is 0 Å². The standard InChI is InChI=1S/C11H11BrN2O2/c1-15-11-3-2-8(6-14-11)13-7-10-9(12)4-5-16-10/h2-6,13H,7H2,1H3. The summed E-state index contributed by atoms with van der Waals surface area (Å²) >= 11 is 3.39. The lowest BCUT2D eigenvalue weighted by atomic mass is 10.4. The largest absolute Gasteiger partial charge is 0.481 e. The molecule has 0 saturated heterocycles. The maximum absolute atomic E-state index is 5.28. The highest BCUT2D eigenvalue weighted by Crippen LogP contribution is 2.19. The zero-order valence-corrected chi connectivity index (χ0v) is 10.3. The Morgan fingerprint density at radius 2 is 2.31 bits per heavy atom. The van der Waals surface area contributed by atoms with Gasteiger partial charge in [-0.2, -0.15) is 0 Å². The third-order valence-corrected chi connectivity index (χ3v) is 2.80. The molecule has 2 aromatic heterocycles. The second kappa shape index (κ2) is 5.03. The summed E-state index contributed by atoms with van der Waals surface area (Å²) in [6, 6.07) is 5.57. The van der Waals surface area contributed by atoms with Gasteiger partial charge in [0, 0.05) is 6.07 Å². The minimum atomic E-state index is 0.602. The Morgan fingerprint density at radius 1 is 1.44 bits per heavy atom. The Morgan fingerprint density at radius 3 is 2.88 bits per heavy atom. The first kappa shape index (κ1) is 11.0. The van der Waals surface area contributed by atoms with Gasteiger partial charge in [-0.25, -0.2) is 4.98 Å². The van der Waals surface area contributed by atoms with Crippen molar-refractivity contribution >= 4 is 21.6 Å². The Labute approximate surface area is 102 Å². The van der Waals surface area contributed by atoms with Gasteiger partial charge in [-0.1, -0.05) is 0 Å². The number of aromatic nitrogens is 1. The van der Waals surface area contributed by atoms with E-state index in [1.54, 1.807) is 25.6 Å². The number of ether oxygens (including phenoxy) is 1. The molecule has 0 aliphatic heterocycles. The van der Waals surface area contributed by atoms with Gasteiger partial charge in [-0.05, 0) is 28.1 Å². The Hall–Kier alpha value is -1.49. The number of furan rings is 1. The molecule has 0 fully saturated rings. The SMILES string of the molecule is COc1ccc(NCc2occc2Br)cn1. The topological polar surface area (TPSA) is 47.3 Å². The molecule has 0 unspecified atom stereocenters. The lowest BCUT2D eigenvalue weighted by Crippen LogP contribution is -1.99. The number of hydrogen-bond acceptors (Lipinski definition) is 4. The van der Waals surface area contributed by atoms with Crippen molar-refractivity contribution in [3.05, 3.63) is 40.9 Å². The highest BCUT2D eigenvalue weighted by molar-refractivity contribution is 9.10. The molecule has 4 nitrogen and oxygen atoms in total. The molecule has 5 heteroatoms. The van der Waals surface area contributed by atoms with Gasteiger partial charge in [-0.3, -0.25) is 0 Å². The van der Waals surface area contributed by atoms with E-state index in [0.717, 1.165) is 15.9 Å². The molecule has 0 aliphatic carbocycles. The lowest BCUT2D eigenvalue weighted by molar-refractivity contribution is 0.398. The molecule has 2 aromatic rings. The first-order valence-electron chi connectivity index (χ1n) is 4.75. The van der Waals surface area contributed by atoms with E-state index in [9.17, 15) is 0 Å². The second-order valence-corrected chi connectivity index (χ2v) is 3.99. The van der Waals surface area contributed by atoms with Crippen LogP contribution in [0.15, 0.2) is 39.5 Å². The van der Waals surface area contributed by atoms with Crippen molar-refractivity contribution in [2.75, 3.05) is 12.4 Å². The average molecular weight is 283 g/mol. The fourth-order valence-electron chi connectivity index (χ4n) is 1.24. The van der Waals surface area contributed by atoms with Gasteiger partial charge in [-0.15, -0.1) is 0 Å². The van der Waals surface area contributed by atoms with Gasteiger partial charge in [0.1, 0.15) is 5.76 Å². The maximum Gasteiger partial charge on any atom is 0.213 e. The van der Waals surface area contributed by atoms with E-state index in [0.29, 0.717) is 12.4 Å². The van der Waals surface area contributed by atoms with Crippen molar-refractivity contribution in [3.8, 4) is 5.88 Å². The molecule has 2 heterocycles. The molecule has 0 spiro atoms. The van der Waals surface area contributed by atoms with Crippen LogP contribution in [-0.4, -0.2) is 12.1 Å². The third kappa shape index (κ3) is 2.55. The Kier molecular flexibility index (Phi) is 3.46. The van der Waals surface area contributed by atoms with Crippen LogP contribution in [0.2, 0.25) is 0 Å². The molecular weight excluding hydrogens is 272 g/mol. The summed E-state index contributed by atoms with van der Waals surface area (Å²) in [5, 5.41) is 3.20. The smallest absolute Gasteiger partial charge is 0.213 e. The molecule has 0 amide bonds. The molecular formula is C11H11BrN2O2. The van der Waals surface area contributed by atoms with E-state index < -0.39 is 0 Å². The third-order valence-electron chi connectivity index (χ3n) is 2.09. The fraction of sp³-hybridized carbons (Fsp3) is 0.182. The number of halogens is 1. The van der Waals surface area contributed by atoms with Crippen LogP contribution in [0.1, 0.15) is 5.76 Å². The Balaban J connectivity index is 1.97. The van der Waals surface area contributed by atoms with E-state index in [2.05, 4.69) is 26.2 Å². The van der Waals surface area contributed by atoms with Crippen molar-refractivity contribution in [2.24, 2.45) is 0 Å². The van der Waals surface area contributed by atoms with Crippen molar-refractivity contribution < 1.29 is 9.15 Å². The number of pyridine rings is 1. The summed E-state index contributed by atoms with van der Waals surface area (Å²) in [6.45, 7) is 0.613. The predicted molar refractivity (Wildman–Crippen MR) is 64.5 cm³/mol. The maximum atomic E-state index is 5.28. The van der Waals surface area contributed by atoms with Gasteiger partial charge >= 0.3 is 0 Å². The fourth-order valence-corrected chi connectivity index (χ4v) is 1.58. The van der Waals surface area contributed by atoms with E-state index in [1.165, 1.54) is 0 Å². The van der Waals surface area contributed by atoms with Gasteiger partial charge in [0.05, 0.1) is 36.3 Å². The van der Waals surface area contributed by atoms with Crippen LogP contribution in [0.5, 0.6) is 5.88 Å². The number of nitrogens with one attached hydrogen (secondary N) is 1. The van der Waals surface area contributed by atoms with Gasteiger partial charge in [0.15, 0.2) is 0 Å². The summed E-state index contributed by atoms with van der Waals surface area (Å²) in [5.41, 5.74) is 0.920. The predicted octanol–water partition coefficient (Wildman–Crippen LogP) is 3.06. The molecule has 0 aliphatic rings. The summed E-state index contributed by atoms with van der Waals surface area (Å²) in [6.07, 6.45) is 3.36. The van der Waals surface area contributed by atoms with Crippen LogP contribution in [-0.2, 0) is 6.54 Å². The molecule has 16 heavy (non-hydrogen) atoms. The van der Waals surface area contributed by atoms with Crippen molar-refractivity contribution in [1.82, 2.24) is 4.98 Å². The van der Waals surface area contributed by atoms with Crippen LogP contribution in [0.4, 0.5) is 5.69 Å².